The fourth-order valence-electron chi connectivity index (χ4n) is 3.01. The number of carbonyl (C=O) groups excluding carboxylic acids is 4. The molecule has 0 spiro atoms. The Balaban J connectivity index is 1.73. The van der Waals surface area contributed by atoms with Gasteiger partial charge in [0.2, 0.25) is 0 Å². The number of carbonyl (C=O) groups is 4. The summed E-state index contributed by atoms with van der Waals surface area (Å²) in [4.78, 5) is 49.8. The molecule has 3 rings (SSSR count). The Hall–Kier alpha value is -3.48. The van der Waals surface area contributed by atoms with Crippen molar-refractivity contribution in [2.24, 2.45) is 5.92 Å². The van der Waals surface area contributed by atoms with E-state index < -0.39 is 6.03 Å². The number of benzene rings is 2. The van der Waals surface area contributed by atoms with E-state index in [-0.39, 0.29) is 29.1 Å². The van der Waals surface area contributed by atoms with Crippen LogP contribution in [0.5, 0.6) is 0 Å². The smallest absolute Gasteiger partial charge is 0.308 e. The van der Waals surface area contributed by atoms with E-state index >= 15 is 0 Å². The molecule has 28 heavy (non-hydrogen) atoms. The topological polar surface area (TPSA) is 95.6 Å². The zero-order valence-electron chi connectivity index (χ0n) is 15.9. The molecule has 7 heteroatoms. The summed E-state index contributed by atoms with van der Waals surface area (Å²) in [6, 6.07) is 10.7. The minimum Gasteiger partial charge on any atom is -0.308 e. The lowest BCUT2D eigenvalue weighted by atomic mass is 10.1. The number of fused-ring (bicyclic) bond motifs is 1. The van der Waals surface area contributed by atoms with Crippen molar-refractivity contribution in [3.05, 3.63) is 59.2 Å². The first-order valence-electron chi connectivity index (χ1n) is 8.95. The maximum atomic E-state index is 12.5. The van der Waals surface area contributed by atoms with Gasteiger partial charge in [-0.1, -0.05) is 26.0 Å². The summed E-state index contributed by atoms with van der Waals surface area (Å²) in [5, 5.41) is 5.29. The molecule has 2 aromatic rings. The first-order chi connectivity index (χ1) is 13.3. The molecule has 0 saturated carbocycles. The second-order valence-corrected chi connectivity index (χ2v) is 7.09. The molecule has 0 atom stereocenters. The Kier molecular flexibility index (Phi) is 5.26. The zero-order valence-corrected chi connectivity index (χ0v) is 15.9. The van der Waals surface area contributed by atoms with Gasteiger partial charge in [0, 0.05) is 23.5 Å². The van der Waals surface area contributed by atoms with Gasteiger partial charge in [0.25, 0.3) is 11.8 Å². The van der Waals surface area contributed by atoms with E-state index in [9.17, 15) is 19.2 Å². The summed E-state index contributed by atoms with van der Waals surface area (Å²) < 4.78 is 0. The minimum absolute atomic E-state index is 0.100. The van der Waals surface area contributed by atoms with Gasteiger partial charge in [-0.3, -0.25) is 19.3 Å². The van der Waals surface area contributed by atoms with Gasteiger partial charge in [-0.15, -0.1) is 0 Å². The average Bonchev–Trinajstić information content (AvgIpc) is 2.86. The second-order valence-electron chi connectivity index (χ2n) is 7.09. The Morgan fingerprint density at radius 2 is 1.57 bits per heavy atom. The molecule has 2 aromatic carbocycles. The number of Topliss-reactive ketones (excluding diaryl/α,β-unsaturated/α-hetero) is 1. The van der Waals surface area contributed by atoms with E-state index in [1.165, 1.54) is 17.9 Å². The van der Waals surface area contributed by atoms with Gasteiger partial charge in [0.05, 0.1) is 11.1 Å². The molecule has 1 heterocycles. The molecule has 1 aliphatic rings. The van der Waals surface area contributed by atoms with Gasteiger partial charge < -0.3 is 10.6 Å². The largest absolute Gasteiger partial charge is 0.323 e. The Morgan fingerprint density at radius 1 is 0.929 bits per heavy atom. The van der Waals surface area contributed by atoms with Crippen molar-refractivity contribution in [2.75, 3.05) is 17.2 Å². The molecule has 0 aliphatic carbocycles. The van der Waals surface area contributed by atoms with Crippen molar-refractivity contribution < 1.29 is 19.2 Å². The maximum absolute atomic E-state index is 12.5. The highest BCUT2D eigenvalue weighted by Crippen LogP contribution is 2.26. The Labute approximate surface area is 162 Å². The van der Waals surface area contributed by atoms with Crippen molar-refractivity contribution in [3.63, 3.8) is 0 Å². The van der Waals surface area contributed by atoms with Gasteiger partial charge in [0.1, 0.15) is 0 Å². The third-order valence-electron chi connectivity index (χ3n) is 4.30. The van der Waals surface area contributed by atoms with Crippen LogP contribution in [0.15, 0.2) is 42.5 Å². The number of urea groups is 1. The molecule has 144 valence electrons. The van der Waals surface area contributed by atoms with Crippen LogP contribution in [0, 0.1) is 5.92 Å². The lowest BCUT2D eigenvalue weighted by Gasteiger charge is -2.15. The minimum atomic E-state index is -0.517. The number of amides is 4. The van der Waals surface area contributed by atoms with Crippen LogP contribution in [-0.2, 0) is 0 Å². The summed E-state index contributed by atoms with van der Waals surface area (Å²) >= 11 is 0. The SMILES string of the molecule is CC(=O)c1cccc(NC(=O)Nc2ccc3c(c2)C(=O)N(CC(C)C)C3=O)c1. The molecular formula is C21H21N3O4. The van der Waals surface area contributed by atoms with Crippen LogP contribution < -0.4 is 10.6 Å². The number of nitrogens with one attached hydrogen (secondary N) is 2. The van der Waals surface area contributed by atoms with Crippen molar-refractivity contribution in [1.82, 2.24) is 4.90 Å². The molecule has 1 aliphatic heterocycles. The van der Waals surface area contributed by atoms with Gasteiger partial charge in [-0.25, -0.2) is 4.79 Å². The summed E-state index contributed by atoms with van der Waals surface area (Å²) in [6.45, 7) is 5.66. The predicted octanol–water partition coefficient (Wildman–Crippen LogP) is 3.79. The third kappa shape index (κ3) is 3.93. The van der Waals surface area contributed by atoms with Crippen LogP contribution in [0.3, 0.4) is 0 Å². The van der Waals surface area contributed by atoms with Crippen LogP contribution in [0.4, 0.5) is 16.2 Å². The van der Waals surface area contributed by atoms with Crippen LogP contribution in [0.1, 0.15) is 51.8 Å². The highest BCUT2D eigenvalue weighted by molar-refractivity contribution is 6.22. The van der Waals surface area contributed by atoms with E-state index in [1.807, 2.05) is 13.8 Å². The van der Waals surface area contributed by atoms with Crippen molar-refractivity contribution in [2.45, 2.75) is 20.8 Å². The summed E-state index contributed by atoms with van der Waals surface area (Å²) in [5.74, 6) is -0.606. The lowest BCUT2D eigenvalue weighted by Crippen LogP contribution is -2.33. The average molecular weight is 379 g/mol. The molecule has 0 unspecified atom stereocenters. The fourth-order valence-corrected chi connectivity index (χ4v) is 3.01. The second kappa shape index (κ2) is 7.64. The number of rotatable bonds is 5. The maximum Gasteiger partial charge on any atom is 0.323 e. The number of imide groups is 1. The predicted molar refractivity (Wildman–Crippen MR) is 106 cm³/mol. The zero-order chi connectivity index (χ0) is 20.4. The number of anilines is 2. The van der Waals surface area contributed by atoms with Crippen molar-refractivity contribution in [1.29, 1.82) is 0 Å². The molecule has 2 N–H and O–H groups in total. The monoisotopic (exact) mass is 379 g/mol. The quantitative estimate of drug-likeness (QED) is 0.610. The van der Waals surface area contributed by atoms with Gasteiger partial charge >= 0.3 is 6.03 Å². The third-order valence-corrected chi connectivity index (χ3v) is 4.30. The Morgan fingerprint density at radius 3 is 2.21 bits per heavy atom. The number of hydrogen-bond donors (Lipinski definition) is 2. The highest BCUT2D eigenvalue weighted by Gasteiger charge is 2.35. The first-order valence-corrected chi connectivity index (χ1v) is 8.95. The van der Waals surface area contributed by atoms with Crippen LogP contribution >= 0.6 is 0 Å². The van der Waals surface area contributed by atoms with Crippen molar-refractivity contribution >= 4 is 35.0 Å². The van der Waals surface area contributed by atoms with E-state index in [0.717, 1.165) is 0 Å². The molecule has 4 amide bonds. The van der Waals surface area contributed by atoms with Crippen LogP contribution in [0.2, 0.25) is 0 Å². The molecule has 0 aromatic heterocycles. The van der Waals surface area contributed by atoms with Crippen LogP contribution in [-0.4, -0.2) is 35.1 Å². The van der Waals surface area contributed by atoms with Gasteiger partial charge in [0.15, 0.2) is 5.78 Å². The number of ketones is 1. The van der Waals surface area contributed by atoms with Gasteiger partial charge in [-0.05, 0) is 43.2 Å². The fraction of sp³-hybridized carbons (Fsp3) is 0.238. The Bertz CT molecular complexity index is 981. The number of nitrogens with zero attached hydrogens (tertiary/aromatic N) is 1. The van der Waals surface area contributed by atoms with E-state index in [2.05, 4.69) is 10.6 Å². The number of hydrogen-bond acceptors (Lipinski definition) is 4. The molecule has 0 radical (unpaired) electrons. The molecule has 0 fully saturated rings. The first kappa shape index (κ1) is 19.3. The summed E-state index contributed by atoms with van der Waals surface area (Å²) in [5.41, 5.74) is 1.98. The normalized spacial score (nSPS) is 12.9. The summed E-state index contributed by atoms with van der Waals surface area (Å²) in [7, 11) is 0. The van der Waals surface area contributed by atoms with E-state index in [0.29, 0.717) is 29.0 Å². The molecule has 0 saturated heterocycles. The molecular weight excluding hydrogens is 358 g/mol. The van der Waals surface area contributed by atoms with E-state index in [1.54, 1.807) is 36.4 Å². The summed E-state index contributed by atoms with van der Waals surface area (Å²) in [6.07, 6.45) is 0. The van der Waals surface area contributed by atoms with E-state index in [4.69, 9.17) is 0 Å². The molecule has 7 nitrogen and oxygen atoms in total. The van der Waals surface area contributed by atoms with Crippen molar-refractivity contribution in [3.8, 4) is 0 Å². The highest BCUT2D eigenvalue weighted by atomic mass is 16.2. The van der Waals surface area contributed by atoms with Crippen LogP contribution in [0.25, 0.3) is 0 Å². The standard InChI is InChI=1S/C21H21N3O4/c1-12(2)11-24-19(26)17-8-7-16(10-18(17)20(24)27)23-21(28)22-15-6-4-5-14(9-15)13(3)25/h4-10,12H,11H2,1-3H3,(H2,22,23,28). The molecule has 0 bridgehead atoms. The van der Waals surface area contributed by atoms with Gasteiger partial charge in [-0.2, -0.15) is 0 Å². The lowest BCUT2D eigenvalue weighted by molar-refractivity contribution is 0.0636.